The summed E-state index contributed by atoms with van der Waals surface area (Å²) < 4.78 is 10.5. The molecule has 1 heterocycles. The predicted octanol–water partition coefficient (Wildman–Crippen LogP) is 2.15. The van der Waals surface area contributed by atoms with Crippen LogP contribution in [0.15, 0.2) is 18.2 Å². The van der Waals surface area contributed by atoms with Gasteiger partial charge < -0.3 is 19.7 Å². The van der Waals surface area contributed by atoms with Crippen LogP contribution in [0.4, 0.5) is 0 Å². The quantitative estimate of drug-likeness (QED) is 0.782. The maximum absolute atomic E-state index is 12.3. The van der Waals surface area contributed by atoms with Gasteiger partial charge in [0.05, 0.1) is 14.2 Å². The third-order valence-corrected chi connectivity index (χ3v) is 4.85. The summed E-state index contributed by atoms with van der Waals surface area (Å²) in [5.41, 5.74) is 0.851. The predicted molar refractivity (Wildman–Crippen MR) is 95.9 cm³/mol. The lowest BCUT2D eigenvalue weighted by molar-refractivity contribution is -0.130. The highest BCUT2D eigenvalue weighted by molar-refractivity contribution is 5.80. The second-order valence-electron chi connectivity index (χ2n) is 6.86. The van der Waals surface area contributed by atoms with E-state index in [0.29, 0.717) is 37.3 Å². The van der Waals surface area contributed by atoms with E-state index in [2.05, 4.69) is 5.32 Å². The number of likely N-dealkylation sites (N-methyl/N-ethyl adjacent to an activating group) is 1. The standard InChI is InChI=1S/C19H28N2O4/c1-19(10-7-17(22)20-19)11-8-18(23)21(2)12-9-14-5-6-15(24-3)16(13-14)25-4/h5-6,13H,7-12H2,1-4H3,(H,20,22). The van der Waals surface area contributed by atoms with Crippen molar-refractivity contribution in [1.29, 1.82) is 0 Å². The molecule has 0 bridgehead atoms. The first kappa shape index (κ1) is 19.1. The van der Waals surface area contributed by atoms with Crippen molar-refractivity contribution in [2.24, 2.45) is 0 Å². The minimum absolute atomic E-state index is 0.0803. The van der Waals surface area contributed by atoms with Crippen molar-refractivity contribution in [3.8, 4) is 11.5 Å². The molecule has 1 fully saturated rings. The molecular weight excluding hydrogens is 320 g/mol. The average Bonchev–Trinajstić information content (AvgIpc) is 2.96. The molecule has 6 heteroatoms. The number of benzene rings is 1. The van der Waals surface area contributed by atoms with E-state index in [9.17, 15) is 9.59 Å². The number of methoxy groups -OCH3 is 2. The van der Waals surface area contributed by atoms with Crippen LogP contribution in [0.25, 0.3) is 0 Å². The number of amides is 2. The van der Waals surface area contributed by atoms with Gasteiger partial charge in [0.2, 0.25) is 11.8 Å². The van der Waals surface area contributed by atoms with Crippen molar-refractivity contribution in [2.75, 3.05) is 27.8 Å². The Hall–Kier alpha value is -2.24. The van der Waals surface area contributed by atoms with Gasteiger partial charge in [-0.3, -0.25) is 9.59 Å². The monoisotopic (exact) mass is 348 g/mol. The van der Waals surface area contributed by atoms with Crippen LogP contribution in [-0.2, 0) is 16.0 Å². The van der Waals surface area contributed by atoms with Gasteiger partial charge in [0.25, 0.3) is 0 Å². The minimum atomic E-state index is -0.239. The summed E-state index contributed by atoms with van der Waals surface area (Å²) in [5, 5.41) is 2.97. The van der Waals surface area contributed by atoms with E-state index in [1.54, 1.807) is 19.1 Å². The first-order chi connectivity index (χ1) is 11.9. The van der Waals surface area contributed by atoms with Gasteiger partial charge in [-0.05, 0) is 43.9 Å². The van der Waals surface area contributed by atoms with Crippen molar-refractivity contribution in [1.82, 2.24) is 10.2 Å². The lowest BCUT2D eigenvalue weighted by Crippen LogP contribution is -2.40. The third kappa shape index (κ3) is 5.11. The van der Waals surface area contributed by atoms with E-state index >= 15 is 0 Å². The number of hydrogen-bond donors (Lipinski definition) is 1. The van der Waals surface area contributed by atoms with Crippen molar-refractivity contribution in [2.45, 2.75) is 44.6 Å². The van der Waals surface area contributed by atoms with Crippen LogP contribution in [0.5, 0.6) is 11.5 Å². The maximum atomic E-state index is 12.3. The lowest BCUT2D eigenvalue weighted by Gasteiger charge is -2.25. The Kier molecular flexibility index (Phi) is 6.28. The Labute approximate surface area is 149 Å². The summed E-state index contributed by atoms with van der Waals surface area (Å²) in [4.78, 5) is 25.5. The van der Waals surface area contributed by atoms with Crippen LogP contribution in [0, 0.1) is 0 Å². The highest BCUT2D eigenvalue weighted by atomic mass is 16.5. The summed E-state index contributed by atoms with van der Waals surface area (Å²) in [6.07, 6.45) is 3.22. The van der Waals surface area contributed by atoms with Crippen molar-refractivity contribution in [3.63, 3.8) is 0 Å². The zero-order valence-electron chi connectivity index (χ0n) is 15.6. The molecule has 1 aliphatic heterocycles. The van der Waals surface area contributed by atoms with Crippen LogP contribution in [0.2, 0.25) is 0 Å². The molecule has 2 amide bonds. The van der Waals surface area contributed by atoms with Gasteiger partial charge in [-0.2, -0.15) is 0 Å². The molecule has 0 radical (unpaired) electrons. The van der Waals surface area contributed by atoms with E-state index in [1.165, 1.54) is 0 Å². The van der Waals surface area contributed by atoms with Gasteiger partial charge >= 0.3 is 0 Å². The molecule has 1 saturated heterocycles. The van der Waals surface area contributed by atoms with E-state index in [-0.39, 0.29) is 17.4 Å². The fourth-order valence-electron chi connectivity index (χ4n) is 3.07. The van der Waals surface area contributed by atoms with Gasteiger partial charge in [-0.15, -0.1) is 0 Å². The molecule has 0 aliphatic carbocycles. The van der Waals surface area contributed by atoms with Crippen LogP contribution in [0.1, 0.15) is 38.2 Å². The molecule has 1 aromatic rings. The summed E-state index contributed by atoms with van der Waals surface area (Å²) in [7, 11) is 5.04. The molecule has 1 aliphatic rings. The molecule has 0 spiro atoms. The summed E-state index contributed by atoms with van der Waals surface area (Å²) in [6.45, 7) is 2.65. The molecule has 0 saturated carbocycles. The first-order valence-electron chi connectivity index (χ1n) is 8.63. The number of hydrogen-bond acceptors (Lipinski definition) is 4. The number of rotatable bonds is 8. The molecule has 1 unspecified atom stereocenters. The molecule has 1 atom stereocenters. The van der Waals surface area contributed by atoms with Crippen LogP contribution < -0.4 is 14.8 Å². The maximum Gasteiger partial charge on any atom is 0.222 e. The number of nitrogens with zero attached hydrogens (tertiary/aromatic N) is 1. The fraction of sp³-hybridized carbons (Fsp3) is 0.579. The van der Waals surface area contributed by atoms with E-state index in [0.717, 1.165) is 18.4 Å². The summed E-state index contributed by atoms with van der Waals surface area (Å²) in [6, 6.07) is 5.79. The van der Waals surface area contributed by atoms with E-state index in [4.69, 9.17) is 9.47 Å². The zero-order chi connectivity index (χ0) is 18.4. The van der Waals surface area contributed by atoms with Crippen LogP contribution in [0.3, 0.4) is 0 Å². The van der Waals surface area contributed by atoms with Crippen molar-refractivity contribution < 1.29 is 19.1 Å². The Morgan fingerprint density at radius 2 is 2.00 bits per heavy atom. The Morgan fingerprint density at radius 1 is 1.28 bits per heavy atom. The fourth-order valence-corrected chi connectivity index (χ4v) is 3.07. The molecule has 25 heavy (non-hydrogen) atoms. The lowest BCUT2D eigenvalue weighted by atomic mass is 9.94. The third-order valence-electron chi connectivity index (χ3n) is 4.85. The number of nitrogens with one attached hydrogen (secondary N) is 1. The van der Waals surface area contributed by atoms with Crippen molar-refractivity contribution >= 4 is 11.8 Å². The van der Waals surface area contributed by atoms with Crippen molar-refractivity contribution in [3.05, 3.63) is 23.8 Å². The zero-order valence-corrected chi connectivity index (χ0v) is 15.6. The Bertz CT molecular complexity index is 632. The summed E-state index contributed by atoms with van der Waals surface area (Å²) in [5.74, 6) is 1.57. The minimum Gasteiger partial charge on any atom is -0.493 e. The molecule has 138 valence electrons. The Balaban J connectivity index is 1.82. The number of carbonyl (C=O) groups excluding carboxylic acids is 2. The van der Waals surface area contributed by atoms with Gasteiger partial charge in [0.15, 0.2) is 11.5 Å². The molecule has 0 aromatic heterocycles. The van der Waals surface area contributed by atoms with Gasteiger partial charge in [0.1, 0.15) is 0 Å². The molecule has 6 nitrogen and oxygen atoms in total. The van der Waals surface area contributed by atoms with E-state index < -0.39 is 0 Å². The van der Waals surface area contributed by atoms with Crippen LogP contribution >= 0.6 is 0 Å². The highest BCUT2D eigenvalue weighted by Gasteiger charge is 2.33. The van der Waals surface area contributed by atoms with Gasteiger partial charge in [-0.1, -0.05) is 6.07 Å². The van der Waals surface area contributed by atoms with Crippen LogP contribution in [-0.4, -0.2) is 50.1 Å². The second kappa shape index (κ2) is 8.23. The normalized spacial score (nSPS) is 19.4. The molecule has 2 rings (SSSR count). The first-order valence-corrected chi connectivity index (χ1v) is 8.63. The smallest absolute Gasteiger partial charge is 0.222 e. The summed E-state index contributed by atoms with van der Waals surface area (Å²) >= 11 is 0. The van der Waals surface area contributed by atoms with E-state index in [1.807, 2.05) is 32.2 Å². The molecule has 1 aromatic carbocycles. The largest absolute Gasteiger partial charge is 0.493 e. The van der Waals surface area contributed by atoms with Gasteiger partial charge in [0, 0.05) is 32.0 Å². The van der Waals surface area contributed by atoms with Gasteiger partial charge in [-0.25, -0.2) is 0 Å². The number of carbonyl (C=O) groups is 2. The topological polar surface area (TPSA) is 67.9 Å². The SMILES string of the molecule is COc1ccc(CCN(C)C(=O)CCC2(C)CCC(=O)N2)cc1OC. The highest BCUT2D eigenvalue weighted by Crippen LogP contribution is 2.28. The molecule has 1 N–H and O–H groups in total. The average molecular weight is 348 g/mol. The Morgan fingerprint density at radius 3 is 2.60 bits per heavy atom. The second-order valence-corrected chi connectivity index (χ2v) is 6.86. The molecular formula is C19H28N2O4. The number of ether oxygens (including phenoxy) is 2.